The molecule has 1 amide bonds. The molecule has 1 aromatic heterocycles. The molecule has 238 valence electrons. The number of carbonyl (C=O) groups excluding carboxylic acids is 1. The van der Waals surface area contributed by atoms with E-state index in [9.17, 15) is 18.3 Å². The Morgan fingerprint density at radius 3 is 2.44 bits per heavy atom. The lowest BCUT2D eigenvalue weighted by Crippen LogP contribution is -2.33. The number of rotatable bonds is 10. The van der Waals surface area contributed by atoms with Crippen molar-refractivity contribution < 1.29 is 32.2 Å². The van der Waals surface area contributed by atoms with Crippen LogP contribution in [0.4, 0.5) is 10.1 Å². The number of imidazole rings is 1. The van der Waals surface area contributed by atoms with Crippen molar-refractivity contribution in [2.45, 2.75) is 64.2 Å². The number of benzene rings is 3. The molecule has 0 atom stereocenters. The van der Waals surface area contributed by atoms with E-state index in [0.29, 0.717) is 40.1 Å². The largest absolute Gasteiger partial charge is 0.425 e. The van der Waals surface area contributed by atoms with Gasteiger partial charge in [-0.2, -0.15) is 13.4 Å². The molecule has 6 rings (SSSR count). The van der Waals surface area contributed by atoms with E-state index in [1.165, 1.54) is 12.1 Å². The highest BCUT2D eigenvalue weighted by molar-refractivity contribution is 7.92. The van der Waals surface area contributed by atoms with Gasteiger partial charge in [-0.1, -0.05) is 50.0 Å². The fraction of sp³-hybridized carbons (Fsp3) is 0.375. The highest BCUT2D eigenvalue weighted by Gasteiger charge is 2.36. The average molecular weight is 653 g/mol. The first kappa shape index (κ1) is 31.2. The van der Waals surface area contributed by atoms with Crippen LogP contribution in [0.25, 0.3) is 22.2 Å². The standard InChI is InChI=1S/C32H37FN4O6SSi/c1-21-6-11-24(37-19-30(38)35-44(37,40)41)16-29(21)43-31-34-27-17-25(22-7-9-23(10-8-22)32(39)12-5-13-32)26(33)18-28(27)36(31)20-42-14-15-45(2,3)4/h6-11,16-18,39H,5,12-15,19-20H2,1-4H3,(H,35,38). The van der Waals surface area contributed by atoms with Crippen molar-refractivity contribution in [3.63, 3.8) is 0 Å². The number of aryl methyl sites for hydroxylation is 1. The molecular weight excluding hydrogens is 616 g/mol. The molecule has 2 heterocycles. The van der Waals surface area contributed by atoms with Gasteiger partial charge in [0.15, 0.2) is 0 Å². The molecule has 0 radical (unpaired) electrons. The summed E-state index contributed by atoms with van der Waals surface area (Å²) in [6, 6.07) is 16.3. The van der Waals surface area contributed by atoms with Gasteiger partial charge < -0.3 is 14.6 Å². The molecule has 13 heteroatoms. The number of ether oxygens (including phenoxy) is 2. The van der Waals surface area contributed by atoms with E-state index >= 15 is 4.39 Å². The van der Waals surface area contributed by atoms with Gasteiger partial charge in [0, 0.05) is 32.4 Å². The van der Waals surface area contributed by atoms with Crippen LogP contribution < -0.4 is 13.8 Å². The maximum absolute atomic E-state index is 15.7. The van der Waals surface area contributed by atoms with E-state index < -0.39 is 35.6 Å². The fourth-order valence-corrected chi connectivity index (χ4v) is 7.37. The summed E-state index contributed by atoms with van der Waals surface area (Å²) >= 11 is 0. The highest BCUT2D eigenvalue weighted by Crippen LogP contribution is 2.42. The number of amides is 1. The molecule has 2 fully saturated rings. The van der Waals surface area contributed by atoms with E-state index in [1.54, 1.807) is 29.7 Å². The lowest BCUT2D eigenvalue weighted by atomic mass is 9.75. The zero-order chi connectivity index (χ0) is 32.1. The number of hydrogen-bond donors (Lipinski definition) is 2. The minimum absolute atomic E-state index is 0.0695. The molecule has 10 nitrogen and oxygen atoms in total. The molecule has 1 aliphatic carbocycles. The molecular formula is C32H37FN4O6SSi. The van der Waals surface area contributed by atoms with Crippen LogP contribution in [0.15, 0.2) is 54.6 Å². The van der Waals surface area contributed by atoms with E-state index in [2.05, 4.69) is 19.6 Å². The van der Waals surface area contributed by atoms with Crippen LogP contribution >= 0.6 is 0 Å². The Labute approximate surface area is 263 Å². The first-order chi connectivity index (χ1) is 21.2. The molecule has 4 aromatic rings. The number of halogens is 1. The van der Waals surface area contributed by atoms with Crippen LogP contribution in [0.5, 0.6) is 11.8 Å². The molecule has 2 aliphatic rings. The SMILES string of the molecule is Cc1ccc(N2CC(=O)NS2(=O)=O)cc1Oc1nc2cc(-c3ccc(C4(O)CCC4)cc3)c(F)cc2n1COCC[Si](C)(C)C. The van der Waals surface area contributed by atoms with E-state index in [4.69, 9.17) is 14.5 Å². The monoisotopic (exact) mass is 652 g/mol. The van der Waals surface area contributed by atoms with Gasteiger partial charge in [-0.3, -0.25) is 9.36 Å². The van der Waals surface area contributed by atoms with Gasteiger partial charge in [-0.05, 0) is 61.1 Å². The van der Waals surface area contributed by atoms with Gasteiger partial charge in [0.05, 0.1) is 22.3 Å². The summed E-state index contributed by atoms with van der Waals surface area (Å²) in [6.45, 7) is 8.83. The molecule has 0 unspecified atom stereocenters. The molecule has 0 spiro atoms. The second kappa shape index (κ2) is 11.5. The number of aromatic nitrogens is 2. The van der Waals surface area contributed by atoms with Crippen molar-refractivity contribution in [1.82, 2.24) is 14.3 Å². The zero-order valence-corrected chi connectivity index (χ0v) is 27.6. The maximum atomic E-state index is 15.7. The summed E-state index contributed by atoms with van der Waals surface area (Å²) in [6.07, 6.45) is 2.42. The van der Waals surface area contributed by atoms with Gasteiger partial charge in [0.2, 0.25) is 0 Å². The van der Waals surface area contributed by atoms with E-state index in [0.717, 1.165) is 35.2 Å². The second-order valence-electron chi connectivity index (χ2n) is 13.0. The number of anilines is 1. The molecule has 2 N–H and O–H groups in total. The third kappa shape index (κ3) is 6.34. The average Bonchev–Trinajstić information content (AvgIpc) is 3.43. The molecule has 0 bridgehead atoms. The minimum Gasteiger partial charge on any atom is -0.425 e. The highest BCUT2D eigenvalue weighted by atomic mass is 32.2. The molecule has 1 saturated carbocycles. The Hall–Kier alpha value is -3.78. The maximum Gasteiger partial charge on any atom is 0.326 e. The number of nitrogens with zero attached hydrogens (tertiary/aromatic N) is 3. The van der Waals surface area contributed by atoms with Crippen molar-refractivity contribution >= 4 is 40.9 Å². The van der Waals surface area contributed by atoms with Gasteiger partial charge in [0.1, 0.15) is 24.8 Å². The predicted molar refractivity (Wildman–Crippen MR) is 173 cm³/mol. The third-order valence-corrected chi connectivity index (χ3v) is 11.5. The lowest BCUT2D eigenvalue weighted by Gasteiger charge is -2.37. The minimum atomic E-state index is -4.01. The summed E-state index contributed by atoms with van der Waals surface area (Å²) in [5.41, 5.74) is 2.96. The summed E-state index contributed by atoms with van der Waals surface area (Å²) < 4.78 is 57.5. The quantitative estimate of drug-likeness (QED) is 0.164. The van der Waals surface area contributed by atoms with Crippen molar-refractivity contribution in [1.29, 1.82) is 0 Å². The lowest BCUT2D eigenvalue weighted by molar-refractivity contribution is -0.117. The Kier molecular flexibility index (Phi) is 8.00. The first-order valence-electron chi connectivity index (χ1n) is 15.0. The van der Waals surface area contributed by atoms with Crippen LogP contribution in [-0.2, 0) is 32.1 Å². The van der Waals surface area contributed by atoms with Gasteiger partial charge in [-0.25, -0.2) is 13.4 Å². The summed E-state index contributed by atoms with van der Waals surface area (Å²) in [7, 11) is -5.37. The van der Waals surface area contributed by atoms with Crippen molar-refractivity contribution in [2.75, 3.05) is 17.5 Å². The van der Waals surface area contributed by atoms with Crippen molar-refractivity contribution in [3.8, 4) is 22.9 Å². The predicted octanol–water partition coefficient (Wildman–Crippen LogP) is 5.81. The number of hydrogen-bond acceptors (Lipinski definition) is 7. The summed E-state index contributed by atoms with van der Waals surface area (Å²) in [5, 5.41) is 10.7. The van der Waals surface area contributed by atoms with Gasteiger partial charge in [-0.15, -0.1) is 0 Å². The second-order valence-corrected chi connectivity index (χ2v) is 20.3. The summed E-state index contributed by atoms with van der Waals surface area (Å²) in [4.78, 5) is 16.5. The van der Waals surface area contributed by atoms with Crippen LogP contribution in [0, 0.1) is 12.7 Å². The normalized spacial score (nSPS) is 17.4. The van der Waals surface area contributed by atoms with Crippen molar-refractivity contribution in [3.05, 3.63) is 71.5 Å². The number of nitrogens with one attached hydrogen (secondary N) is 1. The van der Waals surface area contributed by atoms with E-state index in [-0.39, 0.29) is 25.0 Å². The Morgan fingerprint density at radius 2 is 1.82 bits per heavy atom. The Balaban J connectivity index is 1.36. The van der Waals surface area contributed by atoms with Crippen LogP contribution in [0.3, 0.4) is 0 Å². The molecule has 1 aliphatic heterocycles. The van der Waals surface area contributed by atoms with Crippen LogP contribution in [0.1, 0.15) is 30.4 Å². The zero-order valence-electron chi connectivity index (χ0n) is 25.8. The topological polar surface area (TPSA) is 123 Å². The van der Waals surface area contributed by atoms with Crippen molar-refractivity contribution in [2.24, 2.45) is 0 Å². The summed E-state index contributed by atoms with van der Waals surface area (Å²) in [5.74, 6) is -0.741. The van der Waals surface area contributed by atoms with E-state index in [1.807, 2.05) is 29.0 Å². The first-order valence-corrected chi connectivity index (χ1v) is 20.1. The van der Waals surface area contributed by atoms with Crippen LogP contribution in [0.2, 0.25) is 25.7 Å². The number of carbonyl (C=O) groups is 1. The molecule has 45 heavy (non-hydrogen) atoms. The Morgan fingerprint density at radius 1 is 1.09 bits per heavy atom. The van der Waals surface area contributed by atoms with Gasteiger partial charge >= 0.3 is 16.2 Å². The number of aliphatic hydroxyl groups is 1. The molecule has 1 saturated heterocycles. The molecule has 3 aromatic carbocycles. The van der Waals surface area contributed by atoms with Gasteiger partial charge in [0.25, 0.3) is 5.91 Å². The Bertz CT molecular complexity index is 1880. The third-order valence-electron chi connectivity index (χ3n) is 8.41. The number of fused-ring (bicyclic) bond motifs is 1. The fourth-order valence-electron chi connectivity index (χ4n) is 5.47. The smallest absolute Gasteiger partial charge is 0.326 e. The van der Waals surface area contributed by atoms with Crippen LogP contribution in [-0.4, -0.2) is 50.2 Å².